The minimum absolute atomic E-state index is 0.0821. The first-order valence-corrected chi connectivity index (χ1v) is 9.99. The van der Waals surface area contributed by atoms with E-state index in [1.807, 2.05) is 16.7 Å². The normalized spacial score (nSPS) is 13.0. The van der Waals surface area contributed by atoms with Gasteiger partial charge in [-0.05, 0) is 23.8 Å². The number of nitrogens with one attached hydrogen (secondary N) is 1. The molecule has 164 valence electrons. The summed E-state index contributed by atoms with van der Waals surface area (Å²) in [7, 11) is 3.01. The first-order chi connectivity index (χ1) is 15.4. The number of halogens is 1. The van der Waals surface area contributed by atoms with Gasteiger partial charge in [0, 0.05) is 35.3 Å². The zero-order valence-corrected chi connectivity index (χ0v) is 18.1. The van der Waals surface area contributed by atoms with E-state index in [1.54, 1.807) is 30.5 Å². The van der Waals surface area contributed by atoms with E-state index in [1.165, 1.54) is 14.2 Å². The Balaban J connectivity index is 1.75. The number of rotatable bonds is 7. The summed E-state index contributed by atoms with van der Waals surface area (Å²) < 4.78 is 17.4. The second-order valence-electron chi connectivity index (χ2n) is 7.08. The van der Waals surface area contributed by atoms with Gasteiger partial charge >= 0.3 is 5.97 Å². The molecule has 0 aliphatic carbocycles. The van der Waals surface area contributed by atoms with E-state index >= 15 is 0 Å². The Hall–Kier alpha value is -3.78. The third-order valence-electron chi connectivity index (χ3n) is 5.04. The lowest BCUT2D eigenvalue weighted by Gasteiger charge is -2.10. The summed E-state index contributed by atoms with van der Waals surface area (Å²) in [5.41, 5.74) is 2.07. The van der Waals surface area contributed by atoms with Gasteiger partial charge in [0.15, 0.2) is 11.5 Å². The van der Waals surface area contributed by atoms with Crippen LogP contribution in [-0.4, -0.2) is 43.1 Å². The van der Waals surface area contributed by atoms with Gasteiger partial charge in [0.1, 0.15) is 6.61 Å². The summed E-state index contributed by atoms with van der Waals surface area (Å²) in [5, 5.41) is 3.59. The molecule has 0 radical (unpaired) electrons. The second-order valence-corrected chi connectivity index (χ2v) is 7.52. The molecule has 8 nitrogen and oxygen atoms in total. The largest absolute Gasteiger partial charge is 0.493 e. The number of esters is 1. The van der Waals surface area contributed by atoms with Crippen LogP contribution in [0.4, 0.5) is 0 Å². The predicted molar refractivity (Wildman–Crippen MR) is 117 cm³/mol. The van der Waals surface area contributed by atoms with Crippen LogP contribution in [-0.2, 0) is 20.9 Å². The monoisotopic (exact) mass is 454 g/mol. The van der Waals surface area contributed by atoms with Crippen molar-refractivity contribution in [1.82, 2.24) is 9.88 Å². The maximum Gasteiger partial charge on any atom is 0.333 e. The number of aromatic nitrogens is 1. The van der Waals surface area contributed by atoms with Crippen LogP contribution < -0.4 is 14.8 Å². The van der Waals surface area contributed by atoms with E-state index in [2.05, 4.69) is 5.32 Å². The number of carbonyl (C=O) groups excluding carboxylic acids is 3. The molecular weight excluding hydrogens is 436 g/mol. The van der Waals surface area contributed by atoms with Crippen molar-refractivity contribution < 1.29 is 28.6 Å². The Morgan fingerprint density at radius 1 is 1.12 bits per heavy atom. The van der Waals surface area contributed by atoms with Crippen LogP contribution in [0.2, 0.25) is 5.02 Å². The number of cyclic esters (lactones) is 1. The van der Waals surface area contributed by atoms with E-state index in [9.17, 15) is 14.4 Å². The molecule has 1 amide bonds. The maximum absolute atomic E-state index is 13.0. The van der Waals surface area contributed by atoms with E-state index in [0.717, 1.165) is 11.6 Å². The van der Waals surface area contributed by atoms with Crippen LogP contribution in [0.25, 0.3) is 10.9 Å². The number of amides is 1. The Morgan fingerprint density at radius 3 is 2.44 bits per heavy atom. The fraction of sp³-hybridized carbons (Fsp3) is 0.174. The van der Waals surface area contributed by atoms with Crippen LogP contribution in [0.3, 0.4) is 0 Å². The molecule has 0 saturated carbocycles. The van der Waals surface area contributed by atoms with Crippen LogP contribution >= 0.6 is 11.6 Å². The Bertz CT molecular complexity index is 1260. The summed E-state index contributed by atoms with van der Waals surface area (Å²) in [5.74, 6) is -1.27. The molecule has 32 heavy (non-hydrogen) atoms. The molecule has 0 bridgehead atoms. The molecule has 0 fully saturated rings. The second kappa shape index (κ2) is 8.76. The molecular formula is C23H19ClN2O6. The molecule has 0 spiro atoms. The molecule has 1 N–H and O–H groups in total. The zero-order valence-electron chi connectivity index (χ0n) is 17.3. The van der Waals surface area contributed by atoms with E-state index in [0.29, 0.717) is 34.0 Å². The summed E-state index contributed by atoms with van der Waals surface area (Å²) in [4.78, 5) is 36.8. The molecule has 2 aromatic carbocycles. The first-order valence-electron chi connectivity index (χ1n) is 9.62. The van der Waals surface area contributed by atoms with Crippen molar-refractivity contribution in [2.75, 3.05) is 20.8 Å². The van der Waals surface area contributed by atoms with Gasteiger partial charge < -0.3 is 24.1 Å². The van der Waals surface area contributed by atoms with Crippen molar-refractivity contribution in [2.45, 2.75) is 6.54 Å². The van der Waals surface area contributed by atoms with Crippen LogP contribution in [0, 0.1) is 0 Å². The molecule has 4 rings (SSSR count). The number of ketones is 1. The third kappa shape index (κ3) is 4.17. The van der Waals surface area contributed by atoms with Gasteiger partial charge in [0.25, 0.3) is 11.7 Å². The Labute approximate surface area is 188 Å². The van der Waals surface area contributed by atoms with Gasteiger partial charge in [-0.2, -0.15) is 0 Å². The van der Waals surface area contributed by atoms with Gasteiger partial charge in [-0.3, -0.25) is 9.59 Å². The summed E-state index contributed by atoms with van der Waals surface area (Å²) >= 11 is 5.98. The van der Waals surface area contributed by atoms with E-state index in [-0.39, 0.29) is 17.9 Å². The lowest BCUT2D eigenvalue weighted by atomic mass is 10.1. The predicted octanol–water partition coefficient (Wildman–Crippen LogP) is 3.10. The molecule has 1 aromatic heterocycles. The highest BCUT2D eigenvalue weighted by atomic mass is 35.5. The molecule has 0 unspecified atom stereocenters. The van der Waals surface area contributed by atoms with Gasteiger partial charge in [-0.25, -0.2) is 4.79 Å². The SMILES string of the molecule is COc1cc2c(C(=O)C(=O)NC3=CC(=O)OC3)cn(Cc3ccc(Cl)cc3)c2cc1OC. The highest BCUT2D eigenvalue weighted by Gasteiger charge is 2.25. The number of nitrogens with zero attached hydrogens (tertiary/aromatic N) is 1. The van der Waals surface area contributed by atoms with E-state index < -0.39 is 17.7 Å². The number of benzene rings is 2. The number of carbonyl (C=O) groups is 3. The third-order valence-corrected chi connectivity index (χ3v) is 5.29. The molecule has 0 atom stereocenters. The Morgan fingerprint density at radius 2 is 1.81 bits per heavy atom. The summed E-state index contributed by atoms with van der Waals surface area (Å²) in [6.07, 6.45) is 2.76. The first kappa shape index (κ1) is 21.5. The highest BCUT2D eigenvalue weighted by Crippen LogP contribution is 2.35. The average Bonchev–Trinajstić information content (AvgIpc) is 3.36. The topological polar surface area (TPSA) is 95.9 Å². The van der Waals surface area contributed by atoms with Crippen molar-refractivity contribution in [3.8, 4) is 11.5 Å². The summed E-state index contributed by atoms with van der Waals surface area (Å²) in [6, 6.07) is 10.7. The number of ether oxygens (including phenoxy) is 3. The van der Waals surface area contributed by atoms with Crippen LogP contribution in [0.5, 0.6) is 11.5 Å². The van der Waals surface area contributed by atoms with Crippen molar-refractivity contribution >= 4 is 40.2 Å². The molecule has 1 aliphatic rings. The summed E-state index contributed by atoms with van der Waals surface area (Å²) in [6.45, 7) is 0.354. The average molecular weight is 455 g/mol. The van der Waals surface area contributed by atoms with Crippen LogP contribution in [0.1, 0.15) is 15.9 Å². The van der Waals surface area contributed by atoms with Crippen LogP contribution in [0.15, 0.2) is 54.4 Å². The van der Waals surface area contributed by atoms with Crippen molar-refractivity contribution in [3.63, 3.8) is 0 Å². The minimum atomic E-state index is -0.866. The number of Topliss-reactive ketones (excluding diaryl/α,β-unsaturated/α-hetero) is 1. The standard InChI is InChI=1S/C23H19ClN2O6/c1-30-19-8-16-17(22(28)23(29)25-15-7-21(27)32-12-15)11-26(18(16)9-20(19)31-2)10-13-3-5-14(24)6-4-13/h3-9,11H,10,12H2,1-2H3,(H,25,29). The lowest BCUT2D eigenvalue weighted by molar-refractivity contribution is -0.135. The minimum Gasteiger partial charge on any atom is -0.493 e. The highest BCUT2D eigenvalue weighted by molar-refractivity contribution is 6.45. The number of fused-ring (bicyclic) bond motifs is 1. The number of hydrogen-bond donors (Lipinski definition) is 1. The molecule has 1 aliphatic heterocycles. The van der Waals surface area contributed by atoms with Crippen molar-refractivity contribution in [2.24, 2.45) is 0 Å². The van der Waals surface area contributed by atoms with Crippen molar-refractivity contribution in [3.05, 3.63) is 70.5 Å². The molecule has 0 saturated heterocycles. The fourth-order valence-corrected chi connectivity index (χ4v) is 3.61. The fourth-order valence-electron chi connectivity index (χ4n) is 3.49. The quantitative estimate of drug-likeness (QED) is 0.335. The molecule has 9 heteroatoms. The van der Waals surface area contributed by atoms with Gasteiger partial charge in [0.05, 0.1) is 31.0 Å². The smallest absolute Gasteiger partial charge is 0.333 e. The zero-order chi connectivity index (χ0) is 22.8. The number of hydrogen-bond acceptors (Lipinski definition) is 6. The number of methoxy groups -OCH3 is 2. The molecule has 3 aromatic rings. The lowest BCUT2D eigenvalue weighted by Crippen LogP contribution is -2.31. The maximum atomic E-state index is 13.0. The van der Waals surface area contributed by atoms with Crippen molar-refractivity contribution in [1.29, 1.82) is 0 Å². The van der Waals surface area contributed by atoms with Gasteiger partial charge in [-0.1, -0.05) is 23.7 Å². The Kier molecular flexibility index (Phi) is 5.87. The van der Waals surface area contributed by atoms with Gasteiger partial charge in [0.2, 0.25) is 0 Å². The molecule has 2 heterocycles. The van der Waals surface area contributed by atoms with Gasteiger partial charge in [-0.15, -0.1) is 0 Å². The van der Waals surface area contributed by atoms with E-state index in [4.69, 9.17) is 25.8 Å².